The molecule has 0 aliphatic carbocycles. The summed E-state index contributed by atoms with van der Waals surface area (Å²) >= 11 is 0. The van der Waals surface area contributed by atoms with Crippen molar-refractivity contribution in [3.05, 3.63) is 0 Å². The highest BCUT2D eigenvalue weighted by Crippen LogP contribution is 2.45. The zero-order valence-corrected chi connectivity index (χ0v) is 57.6. The number of phosphoric acid groups is 2. The second-order valence-corrected chi connectivity index (χ2v) is 28.3. The fraction of sp³-hybridized carbons (Fsp3) is 0.940. The fourth-order valence-electron chi connectivity index (χ4n) is 9.98. The minimum Gasteiger partial charge on any atom is -0.462 e. The van der Waals surface area contributed by atoms with Crippen LogP contribution in [0.15, 0.2) is 0 Å². The molecule has 0 aliphatic heterocycles. The Bertz CT molecular complexity index is 1700. The Morgan fingerprint density at radius 2 is 0.593 bits per heavy atom. The highest BCUT2D eigenvalue weighted by molar-refractivity contribution is 7.47. The molecule has 0 radical (unpaired) electrons. The van der Waals surface area contributed by atoms with Gasteiger partial charge in [-0.3, -0.25) is 37.3 Å². The molecule has 0 bridgehead atoms. The molecule has 0 amide bonds. The first-order valence-electron chi connectivity index (χ1n) is 34.9. The number of aliphatic hydroxyl groups excluding tert-OH is 1. The predicted octanol–water partition coefficient (Wildman–Crippen LogP) is 18.7. The van der Waals surface area contributed by atoms with Crippen LogP contribution in [0.2, 0.25) is 0 Å². The number of hydrogen-bond acceptors (Lipinski definition) is 15. The summed E-state index contributed by atoms with van der Waals surface area (Å²) in [4.78, 5) is 72.3. The lowest BCUT2D eigenvalue weighted by atomic mass is 10.00. The molecular formula is C67H130O17P2. The number of carbonyl (C=O) groups excluding carboxylic acids is 4. The number of carbonyl (C=O) groups is 4. The maximum Gasteiger partial charge on any atom is 0.472 e. The standard InChI is InChI=1S/C67H130O17P2/c1-8-10-11-12-13-14-15-16-17-18-19-22-26-36-43-50-66(71)83-62(54-77-64(69)48-41-34-25-23-20-21-24-31-38-45-58(3)4)56-81-85(73,74)79-52-61(68)53-80-86(75,76)82-57-63(55-78-65(70)49-42-35-29-27-32-39-46-59(5)6)84-67(72)51-44-37-30-28-33-40-47-60(7)9-2/h58-63,68H,8-57H2,1-7H3,(H,73,74)(H,75,76)/t60?,61-,62-,63-/m1/s1. The van der Waals surface area contributed by atoms with Crippen molar-refractivity contribution in [1.29, 1.82) is 0 Å². The highest BCUT2D eigenvalue weighted by Gasteiger charge is 2.30. The Labute approximate surface area is 524 Å². The summed E-state index contributed by atoms with van der Waals surface area (Å²) < 4.78 is 68.1. The van der Waals surface area contributed by atoms with E-state index < -0.39 is 97.5 Å². The van der Waals surface area contributed by atoms with Gasteiger partial charge in [-0.15, -0.1) is 0 Å². The van der Waals surface area contributed by atoms with Crippen molar-refractivity contribution in [3.8, 4) is 0 Å². The van der Waals surface area contributed by atoms with Crippen molar-refractivity contribution in [3.63, 3.8) is 0 Å². The summed E-state index contributed by atoms with van der Waals surface area (Å²) in [7, 11) is -9.89. The molecule has 0 saturated carbocycles. The lowest BCUT2D eigenvalue weighted by molar-refractivity contribution is -0.161. The molecule has 19 heteroatoms. The summed E-state index contributed by atoms with van der Waals surface area (Å²) in [5, 5.41) is 10.6. The van der Waals surface area contributed by atoms with Crippen LogP contribution >= 0.6 is 15.6 Å². The van der Waals surface area contributed by atoms with E-state index in [1.165, 1.54) is 135 Å². The lowest BCUT2D eigenvalue weighted by Gasteiger charge is -2.21. The van der Waals surface area contributed by atoms with Crippen LogP contribution < -0.4 is 0 Å². The molecule has 0 aromatic heterocycles. The molecule has 3 N–H and O–H groups in total. The van der Waals surface area contributed by atoms with Crippen LogP contribution in [0.5, 0.6) is 0 Å². The van der Waals surface area contributed by atoms with Gasteiger partial charge in [-0.25, -0.2) is 9.13 Å². The molecule has 0 aromatic carbocycles. The molecule has 0 heterocycles. The first kappa shape index (κ1) is 84.1. The van der Waals surface area contributed by atoms with Gasteiger partial charge in [0.15, 0.2) is 12.2 Å². The first-order chi connectivity index (χ1) is 41.3. The molecule has 86 heavy (non-hydrogen) atoms. The molecular weight excluding hydrogens is 1140 g/mol. The minimum atomic E-state index is -4.95. The molecule has 6 atom stereocenters. The number of esters is 4. The Balaban J connectivity index is 5.24. The van der Waals surface area contributed by atoms with E-state index in [1.807, 2.05) is 0 Å². The van der Waals surface area contributed by atoms with E-state index in [2.05, 4.69) is 48.5 Å². The molecule has 0 aliphatic rings. The number of phosphoric ester groups is 2. The van der Waals surface area contributed by atoms with Crippen LogP contribution in [0.3, 0.4) is 0 Å². The quantitative estimate of drug-likeness (QED) is 0.0222. The minimum absolute atomic E-state index is 0.102. The normalized spacial score (nSPS) is 14.6. The average molecular weight is 1270 g/mol. The molecule has 0 saturated heterocycles. The maximum absolute atomic E-state index is 13.0. The van der Waals surface area contributed by atoms with Crippen LogP contribution in [0.25, 0.3) is 0 Å². The van der Waals surface area contributed by atoms with Crippen molar-refractivity contribution in [2.24, 2.45) is 17.8 Å². The predicted molar refractivity (Wildman–Crippen MR) is 344 cm³/mol. The van der Waals surface area contributed by atoms with Gasteiger partial charge in [0.05, 0.1) is 26.4 Å². The summed E-state index contributed by atoms with van der Waals surface area (Å²) in [5.41, 5.74) is 0. The van der Waals surface area contributed by atoms with Crippen molar-refractivity contribution >= 4 is 39.5 Å². The van der Waals surface area contributed by atoms with E-state index in [0.29, 0.717) is 31.6 Å². The summed E-state index contributed by atoms with van der Waals surface area (Å²) in [6.45, 7) is 11.7. The van der Waals surface area contributed by atoms with E-state index in [0.717, 1.165) is 108 Å². The topological polar surface area (TPSA) is 237 Å². The zero-order chi connectivity index (χ0) is 63.8. The number of rotatable bonds is 65. The highest BCUT2D eigenvalue weighted by atomic mass is 31.2. The van der Waals surface area contributed by atoms with Crippen LogP contribution in [-0.2, 0) is 65.4 Å². The van der Waals surface area contributed by atoms with E-state index in [1.54, 1.807) is 0 Å². The van der Waals surface area contributed by atoms with E-state index in [9.17, 15) is 43.2 Å². The molecule has 0 rings (SSSR count). The van der Waals surface area contributed by atoms with Gasteiger partial charge in [0.1, 0.15) is 19.3 Å². The summed E-state index contributed by atoms with van der Waals surface area (Å²) in [6, 6.07) is 0. The third-order valence-electron chi connectivity index (χ3n) is 15.7. The first-order valence-corrected chi connectivity index (χ1v) is 37.9. The molecule has 3 unspecified atom stereocenters. The van der Waals surface area contributed by atoms with Crippen LogP contribution in [0.4, 0.5) is 0 Å². The summed E-state index contributed by atoms with van der Waals surface area (Å²) in [6.07, 6.45) is 40.5. The van der Waals surface area contributed by atoms with E-state index in [-0.39, 0.29) is 25.7 Å². The Kier molecular flexibility index (Phi) is 56.9. The smallest absolute Gasteiger partial charge is 0.462 e. The van der Waals surface area contributed by atoms with Gasteiger partial charge in [-0.05, 0) is 43.4 Å². The van der Waals surface area contributed by atoms with Crippen LogP contribution in [0, 0.1) is 17.8 Å². The van der Waals surface area contributed by atoms with Crippen molar-refractivity contribution in [1.82, 2.24) is 0 Å². The lowest BCUT2D eigenvalue weighted by Crippen LogP contribution is -2.30. The van der Waals surface area contributed by atoms with Gasteiger partial charge >= 0.3 is 39.5 Å². The Morgan fingerprint density at radius 1 is 0.337 bits per heavy atom. The second-order valence-electron chi connectivity index (χ2n) is 25.4. The molecule has 0 spiro atoms. The van der Waals surface area contributed by atoms with Crippen molar-refractivity contribution in [2.45, 2.75) is 349 Å². The summed E-state index contributed by atoms with van der Waals surface area (Å²) in [5.74, 6) is 0.00873. The number of hydrogen-bond donors (Lipinski definition) is 3. The zero-order valence-electron chi connectivity index (χ0n) is 55.8. The van der Waals surface area contributed by atoms with Gasteiger partial charge in [-0.1, -0.05) is 280 Å². The molecule has 0 aromatic rings. The second kappa shape index (κ2) is 58.2. The molecule has 17 nitrogen and oxygen atoms in total. The van der Waals surface area contributed by atoms with E-state index >= 15 is 0 Å². The number of ether oxygens (including phenoxy) is 4. The number of aliphatic hydroxyl groups is 1. The average Bonchev–Trinajstić information content (AvgIpc) is 3.57. The number of unbranched alkanes of at least 4 members (excludes halogenated alkanes) is 32. The largest absolute Gasteiger partial charge is 0.472 e. The van der Waals surface area contributed by atoms with Gasteiger partial charge in [-0.2, -0.15) is 0 Å². The van der Waals surface area contributed by atoms with Gasteiger partial charge < -0.3 is 33.8 Å². The Hall–Kier alpha value is -1.94. The van der Waals surface area contributed by atoms with Gasteiger partial charge in [0, 0.05) is 25.7 Å². The van der Waals surface area contributed by atoms with Crippen LogP contribution in [-0.4, -0.2) is 96.7 Å². The van der Waals surface area contributed by atoms with Crippen molar-refractivity contribution in [2.75, 3.05) is 39.6 Å². The Morgan fingerprint density at radius 3 is 0.884 bits per heavy atom. The van der Waals surface area contributed by atoms with Gasteiger partial charge in [0.2, 0.25) is 0 Å². The third-order valence-corrected chi connectivity index (χ3v) is 17.6. The SMILES string of the molecule is CCCCCCCCCCCCCCCCCC(=O)O[C@H](COC(=O)CCCCCCCCCCCC(C)C)COP(=O)(O)OC[C@@H](O)COP(=O)(O)OC[C@@H](COC(=O)CCCCCCCCC(C)C)OC(=O)CCCCCCCCC(C)CC. The van der Waals surface area contributed by atoms with E-state index in [4.69, 9.17) is 37.0 Å². The van der Waals surface area contributed by atoms with Gasteiger partial charge in [0.25, 0.3) is 0 Å². The monoisotopic (exact) mass is 1270 g/mol. The molecule has 510 valence electrons. The fourth-order valence-corrected chi connectivity index (χ4v) is 11.6. The van der Waals surface area contributed by atoms with Crippen molar-refractivity contribution < 1.29 is 80.2 Å². The maximum atomic E-state index is 13.0. The third kappa shape index (κ3) is 59.7. The van der Waals surface area contributed by atoms with Crippen LogP contribution in [0.1, 0.15) is 331 Å². The molecule has 0 fully saturated rings.